The van der Waals surface area contributed by atoms with Gasteiger partial charge in [0.05, 0.1) is 13.2 Å². The van der Waals surface area contributed by atoms with Crippen LogP contribution in [0.25, 0.3) is 0 Å². The largest absolute Gasteiger partial charge is 0.465 e. The Balaban J connectivity index is 3.18. The number of hydrogen-bond acceptors (Lipinski definition) is 6. The highest BCUT2D eigenvalue weighted by Crippen LogP contribution is 2.28. The molecule has 0 aliphatic rings. The van der Waals surface area contributed by atoms with E-state index >= 15 is 0 Å². The van der Waals surface area contributed by atoms with Crippen LogP contribution >= 0.6 is 22.3 Å². The molecule has 0 saturated carbocycles. The first-order valence-corrected chi connectivity index (χ1v) is 7.84. The molecule has 0 saturated heterocycles. The summed E-state index contributed by atoms with van der Waals surface area (Å²) in [5.41, 5.74) is 0.0341. The summed E-state index contributed by atoms with van der Waals surface area (Å²) < 4.78 is 33.4. The Labute approximate surface area is 119 Å². The molecular weight excluding hydrogens is 319 g/mol. The van der Waals surface area contributed by atoms with E-state index in [1.807, 2.05) is 0 Å². The van der Waals surface area contributed by atoms with Crippen LogP contribution in [-0.4, -0.2) is 37.9 Å². The molecule has 1 rings (SSSR count). The lowest BCUT2D eigenvalue weighted by Gasteiger charge is -2.02. The van der Waals surface area contributed by atoms with Crippen molar-refractivity contribution < 1.29 is 22.7 Å². The van der Waals surface area contributed by atoms with E-state index in [0.717, 1.165) is 4.68 Å². The molecule has 0 unspecified atom stereocenters. The summed E-state index contributed by atoms with van der Waals surface area (Å²) in [5, 5.41) is 3.63. The summed E-state index contributed by atoms with van der Waals surface area (Å²) in [5.74, 6) is -0.589. The lowest BCUT2D eigenvalue weighted by atomic mass is 10.5. The Bertz CT molecular complexity index is 569. The zero-order valence-electron chi connectivity index (χ0n) is 10.2. The fraction of sp³-hybridized carbons (Fsp3) is 0.556. The molecule has 0 aliphatic heterocycles. The van der Waals surface area contributed by atoms with E-state index in [9.17, 15) is 13.2 Å². The van der Waals surface area contributed by atoms with Crippen LogP contribution in [0, 0.1) is 0 Å². The predicted octanol–water partition coefficient (Wildman–Crippen LogP) is 1.17. The highest BCUT2D eigenvalue weighted by atomic mass is 35.7. The van der Waals surface area contributed by atoms with Gasteiger partial charge in [-0.15, -0.1) is 0 Å². The van der Waals surface area contributed by atoms with Gasteiger partial charge in [-0.3, -0.25) is 4.79 Å². The molecule has 108 valence electrons. The summed E-state index contributed by atoms with van der Waals surface area (Å²) in [7, 11) is 2.55. The zero-order valence-corrected chi connectivity index (χ0v) is 12.5. The average Bonchev–Trinajstić information content (AvgIpc) is 2.55. The van der Waals surface area contributed by atoms with Crippen LogP contribution in [0.15, 0.2) is 4.90 Å². The Morgan fingerprint density at radius 2 is 2.11 bits per heavy atom. The van der Waals surface area contributed by atoms with Crippen LogP contribution in [-0.2, 0) is 36.5 Å². The SMILES string of the molecule is CCOC(=O)Cn1nc(COC)c(S(=O)(=O)Cl)c1Cl. The molecule has 0 radical (unpaired) electrons. The van der Waals surface area contributed by atoms with Gasteiger partial charge in [0.1, 0.15) is 22.3 Å². The van der Waals surface area contributed by atoms with Crippen LogP contribution in [0.5, 0.6) is 0 Å². The van der Waals surface area contributed by atoms with Crippen molar-refractivity contribution in [2.24, 2.45) is 0 Å². The maximum atomic E-state index is 11.4. The molecule has 0 N–H and O–H groups in total. The van der Waals surface area contributed by atoms with E-state index in [1.54, 1.807) is 6.92 Å². The molecule has 7 nitrogen and oxygen atoms in total. The van der Waals surface area contributed by atoms with Gasteiger partial charge in [0.2, 0.25) is 0 Å². The van der Waals surface area contributed by atoms with E-state index in [2.05, 4.69) is 5.10 Å². The van der Waals surface area contributed by atoms with Crippen molar-refractivity contribution in [2.45, 2.75) is 25.0 Å². The molecule has 0 aromatic carbocycles. The van der Waals surface area contributed by atoms with E-state index in [1.165, 1.54) is 7.11 Å². The minimum absolute atomic E-state index is 0.0341. The zero-order chi connectivity index (χ0) is 14.6. The van der Waals surface area contributed by atoms with Crippen LogP contribution in [0.1, 0.15) is 12.6 Å². The third kappa shape index (κ3) is 4.07. The van der Waals surface area contributed by atoms with Crippen molar-refractivity contribution in [3.05, 3.63) is 10.8 Å². The maximum Gasteiger partial charge on any atom is 0.327 e. The Kier molecular flexibility index (Phi) is 5.60. The molecule has 1 aromatic rings. The first-order valence-electron chi connectivity index (χ1n) is 5.15. The van der Waals surface area contributed by atoms with Gasteiger partial charge in [-0.05, 0) is 6.92 Å². The molecule has 0 spiro atoms. The molecule has 1 aromatic heterocycles. The summed E-state index contributed by atoms with van der Waals surface area (Å²) in [6.07, 6.45) is 0. The second-order valence-corrected chi connectivity index (χ2v) is 6.26. The third-order valence-electron chi connectivity index (χ3n) is 2.03. The van der Waals surface area contributed by atoms with Gasteiger partial charge in [-0.25, -0.2) is 13.1 Å². The Morgan fingerprint density at radius 1 is 1.47 bits per heavy atom. The van der Waals surface area contributed by atoms with Crippen molar-refractivity contribution in [2.75, 3.05) is 13.7 Å². The number of rotatable bonds is 6. The fourth-order valence-electron chi connectivity index (χ4n) is 1.38. The average molecular weight is 331 g/mol. The van der Waals surface area contributed by atoms with Crippen molar-refractivity contribution in [1.29, 1.82) is 0 Å². The molecule has 19 heavy (non-hydrogen) atoms. The van der Waals surface area contributed by atoms with Crippen LogP contribution < -0.4 is 0 Å². The summed E-state index contributed by atoms with van der Waals surface area (Å²) in [6, 6.07) is 0. The summed E-state index contributed by atoms with van der Waals surface area (Å²) in [4.78, 5) is 11.0. The number of esters is 1. The summed E-state index contributed by atoms with van der Waals surface area (Å²) >= 11 is 5.87. The Morgan fingerprint density at radius 3 is 2.58 bits per heavy atom. The lowest BCUT2D eigenvalue weighted by molar-refractivity contribution is -0.144. The van der Waals surface area contributed by atoms with Crippen molar-refractivity contribution in [3.8, 4) is 0 Å². The monoisotopic (exact) mass is 330 g/mol. The highest BCUT2D eigenvalue weighted by Gasteiger charge is 2.27. The molecule has 0 aliphatic carbocycles. The lowest BCUT2D eigenvalue weighted by Crippen LogP contribution is -2.14. The van der Waals surface area contributed by atoms with Gasteiger partial charge in [-0.2, -0.15) is 5.10 Å². The van der Waals surface area contributed by atoms with Crippen LogP contribution in [0.4, 0.5) is 0 Å². The van der Waals surface area contributed by atoms with E-state index in [-0.39, 0.29) is 35.5 Å². The van der Waals surface area contributed by atoms with Gasteiger partial charge in [0.25, 0.3) is 9.05 Å². The van der Waals surface area contributed by atoms with Gasteiger partial charge in [-0.1, -0.05) is 11.6 Å². The van der Waals surface area contributed by atoms with E-state index < -0.39 is 15.0 Å². The van der Waals surface area contributed by atoms with Crippen molar-refractivity contribution in [3.63, 3.8) is 0 Å². The first kappa shape index (κ1) is 16.2. The van der Waals surface area contributed by atoms with Crippen LogP contribution in [0.2, 0.25) is 5.15 Å². The van der Waals surface area contributed by atoms with Crippen molar-refractivity contribution >= 4 is 37.3 Å². The van der Waals surface area contributed by atoms with Crippen molar-refractivity contribution in [1.82, 2.24) is 9.78 Å². The molecular formula is C9H12Cl2N2O5S. The van der Waals surface area contributed by atoms with Crippen LogP contribution in [0.3, 0.4) is 0 Å². The minimum Gasteiger partial charge on any atom is -0.465 e. The third-order valence-corrected chi connectivity index (χ3v) is 3.90. The molecule has 0 amide bonds. The molecule has 0 bridgehead atoms. The van der Waals surface area contributed by atoms with E-state index in [0.29, 0.717) is 0 Å². The highest BCUT2D eigenvalue weighted by molar-refractivity contribution is 8.13. The standard InChI is InChI=1S/C9H12Cl2N2O5S/c1-3-18-7(14)4-13-9(10)8(19(11,15)16)6(12-13)5-17-2/h3-5H2,1-2H3. The van der Waals surface area contributed by atoms with Gasteiger partial charge in [0, 0.05) is 17.8 Å². The number of nitrogens with zero attached hydrogens (tertiary/aromatic N) is 2. The number of halogens is 2. The topological polar surface area (TPSA) is 87.5 Å². The summed E-state index contributed by atoms with van der Waals surface area (Å²) in [6.45, 7) is 1.43. The predicted molar refractivity (Wildman–Crippen MR) is 67.6 cm³/mol. The van der Waals surface area contributed by atoms with Gasteiger partial charge in [0.15, 0.2) is 0 Å². The van der Waals surface area contributed by atoms with Gasteiger partial charge < -0.3 is 9.47 Å². The number of ether oxygens (including phenoxy) is 2. The number of carbonyl (C=O) groups excluding carboxylic acids is 1. The number of aromatic nitrogens is 2. The quantitative estimate of drug-likeness (QED) is 0.574. The number of hydrogen-bond donors (Lipinski definition) is 0. The molecule has 0 fully saturated rings. The van der Waals surface area contributed by atoms with E-state index in [4.69, 9.17) is 31.8 Å². The Hall–Kier alpha value is -0.830. The molecule has 0 atom stereocenters. The van der Waals surface area contributed by atoms with Gasteiger partial charge >= 0.3 is 5.97 Å². The normalized spacial score (nSPS) is 11.6. The second kappa shape index (κ2) is 6.56. The molecule has 10 heteroatoms. The number of carbonyl (C=O) groups is 1. The fourth-order valence-corrected chi connectivity index (χ4v) is 3.18. The number of methoxy groups -OCH3 is 1. The minimum atomic E-state index is -4.09. The maximum absolute atomic E-state index is 11.4. The molecule has 1 heterocycles. The first-order chi connectivity index (χ1) is 8.81. The smallest absolute Gasteiger partial charge is 0.327 e. The second-order valence-electron chi connectivity index (χ2n) is 3.40.